The topological polar surface area (TPSA) is 18.5 Å². The predicted molar refractivity (Wildman–Crippen MR) is 108 cm³/mol. The smallest absolute Gasteiger partial charge is 0.191 e. The quantitative estimate of drug-likeness (QED) is 0.201. The molecule has 0 aromatic heterocycles. The largest absolute Gasteiger partial charge is 0.501 e. The van der Waals surface area contributed by atoms with Gasteiger partial charge in [0.15, 0.2) is 17.4 Å². The number of rotatable bonds is 12. The molecule has 0 aromatic carbocycles. The molecule has 0 heterocycles. The lowest BCUT2D eigenvalue weighted by molar-refractivity contribution is 0.250. The highest BCUT2D eigenvalue weighted by Gasteiger charge is 2.28. The second-order valence-electron chi connectivity index (χ2n) is 7.81. The molecule has 0 aromatic rings. The molecule has 22 heavy (non-hydrogen) atoms. The zero-order chi connectivity index (χ0) is 17.2. The molecule has 0 unspecified atom stereocenters. The average Bonchev–Trinajstić information content (AvgIpc) is 2.28. The zero-order valence-electron chi connectivity index (χ0n) is 15.7. The van der Waals surface area contributed by atoms with E-state index < -0.39 is 25.4 Å². The van der Waals surface area contributed by atoms with Gasteiger partial charge in [-0.05, 0) is 51.3 Å². The van der Waals surface area contributed by atoms with Crippen LogP contribution in [0.15, 0.2) is 24.5 Å². The summed E-state index contributed by atoms with van der Waals surface area (Å²) in [5.41, 5.74) is 3.88. The highest BCUT2D eigenvalue weighted by atomic mass is 28.4. The molecule has 3 radical (unpaired) electrons. The van der Waals surface area contributed by atoms with Crippen LogP contribution in [-0.2, 0) is 8.85 Å². The molecule has 0 saturated heterocycles. The van der Waals surface area contributed by atoms with Crippen LogP contribution in [0.3, 0.4) is 0 Å². The molecule has 0 aliphatic heterocycles. The molecule has 2 nitrogen and oxygen atoms in total. The maximum absolute atomic E-state index is 6.31. The van der Waals surface area contributed by atoms with Crippen molar-refractivity contribution < 1.29 is 8.85 Å². The molecule has 0 aliphatic carbocycles. The molecule has 0 rings (SSSR count). The molecule has 127 valence electrons. The maximum Gasteiger partial charge on any atom is 0.191 e. The summed E-state index contributed by atoms with van der Waals surface area (Å²) in [6.07, 6.45) is 4.85. The molecule has 0 aliphatic rings. The first-order valence-corrected chi connectivity index (χ1v) is 18.5. The van der Waals surface area contributed by atoms with Gasteiger partial charge in [0.25, 0.3) is 0 Å². The van der Waals surface area contributed by atoms with Crippen molar-refractivity contribution in [2.24, 2.45) is 0 Å². The minimum Gasteiger partial charge on any atom is -0.501 e. The summed E-state index contributed by atoms with van der Waals surface area (Å²) >= 11 is 0. The Balaban J connectivity index is 3.78. The van der Waals surface area contributed by atoms with E-state index >= 15 is 0 Å². The first-order valence-electron chi connectivity index (χ1n) is 8.18. The van der Waals surface area contributed by atoms with Gasteiger partial charge in [-0.1, -0.05) is 37.0 Å². The van der Waals surface area contributed by atoms with E-state index in [1.807, 2.05) is 13.0 Å². The van der Waals surface area contributed by atoms with Crippen LogP contribution >= 0.6 is 0 Å². The first-order chi connectivity index (χ1) is 10.0. The van der Waals surface area contributed by atoms with Crippen LogP contribution in [-0.4, -0.2) is 41.6 Å². The van der Waals surface area contributed by atoms with Gasteiger partial charge >= 0.3 is 0 Å². The summed E-state index contributed by atoms with van der Waals surface area (Å²) in [4.78, 5) is 0. The van der Waals surface area contributed by atoms with Crippen LogP contribution in [0.4, 0.5) is 0 Å². The SMILES string of the molecule is C=C(C)C=COCCC[Si]C[Si](C)(C)C[Si](C)O[Si](C)(C)C. The Morgan fingerprint density at radius 3 is 2.41 bits per heavy atom. The van der Waals surface area contributed by atoms with Crippen molar-refractivity contribution in [1.82, 2.24) is 0 Å². The van der Waals surface area contributed by atoms with Gasteiger partial charge in [-0.2, -0.15) is 0 Å². The van der Waals surface area contributed by atoms with Gasteiger partial charge in [-0.3, -0.25) is 0 Å². The van der Waals surface area contributed by atoms with Crippen molar-refractivity contribution in [2.75, 3.05) is 6.61 Å². The molecule has 0 bridgehead atoms. The van der Waals surface area contributed by atoms with E-state index in [4.69, 9.17) is 8.85 Å². The Morgan fingerprint density at radius 1 is 1.23 bits per heavy atom. The minimum absolute atomic E-state index is 0.580. The summed E-state index contributed by atoms with van der Waals surface area (Å²) in [5.74, 6) is 0. The van der Waals surface area contributed by atoms with Crippen molar-refractivity contribution >= 4 is 35.0 Å². The third-order valence-corrected chi connectivity index (χ3v) is 18.1. The molecule has 0 fully saturated rings. The lowest BCUT2D eigenvalue weighted by atomic mass is 10.3. The Hall–Kier alpha value is 0.108. The summed E-state index contributed by atoms with van der Waals surface area (Å²) in [6.45, 7) is 21.0. The van der Waals surface area contributed by atoms with E-state index in [1.54, 1.807) is 6.26 Å². The Bertz CT molecular complexity index is 349. The van der Waals surface area contributed by atoms with E-state index in [0.717, 1.165) is 21.7 Å². The van der Waals surface area contributed by atoms with Crippen LogP contribution in [0, 0.1) is 0 Å². The third-order valence-electron chi connectivity index (χ3n) is 2.88. The van der Waals surface area contributed by atoms with Crippen LogP contribution in [0.2, 0.25) is 56.7 Å². The van der Waals surface area contributed by atoms with E-state index in [-0.39, 0.29) is 0 Å². The van der Waals surface area contributed by atoms with Gasteiger partial charge in [0.05, 0.1) is 12.9 Å². The van der Waals surface area contributed by atoms with Gasteiger partial charge in [0, 0.05) is 17.6 Å². The molecule has 0 saturated carbocycles. The fourth-order valence-corrected chi connectivity index (χ4v) is 18.2. The summed E-state index contributed by atoms with van der Waals surface area (Å²) in [6, 6.07) is 1.30. The summed E-state index contributed by atoms with van der Waals surface area (Å²) < 4.78 is 11.8. The van der Waals surface area contributed by atoms with Gasteiger partial charge in [-0.15, -0.1) is 0 Å². The number of hydrogen-bond donors (Lipinski definition) is 0. The van der Waals surface area contributed by atoms with Crippen molar-refractivity contribution in [3.63, 3.8) is 0 Å². The predicted octanol–water partition coefficient (Wildman–Crippen LogP) is 5.28. The van der Waals surface area contributed by atoms with Gasteiger partial charge in [-0.25, -0.2) is 0 Å². The number of ether oxygens (including phenoxy) is 1. The monoisotopic (exact) mass is 371 g/mol. The van der Waals surface area contributed by atoms with Crippen molar-refractivity contribution in [1.29, 1.82) is 0 Å². The Kier molecular flexibility index (Phi) is 10.9. The van der Waals surface area contributed by atoms with Crippen molar-refractivity contribution in [2.45, 2.75) is 70.0 Å². The minimum atomic E-state index is -1.34. The van der Waals surface area contributed by atoms with E-state index in [9.17, 15) is 0 Å². The standard InChI is InChI=1S/C16H35O2Si4/c1-16(2)10-12-17-11-9-13-19-14-22(7,8)15-20(3)18-21(4,5)6/h10,12H,1,9,11,13-15H2,2-8H3. The second kappa shape index (κ2) is 10.8. The van der Waals surface area contributed by atoms with Crippen LogP contribution in [0.5, 0.6) is 0 Å². The van der Waals surface area contributed by atoms with Crippen LogP contribution in [0.25, 0.3) is 0 Å². The molecule has 0 spiro atoms. The lowest BCUT2D eigenvalue weighted by Gasteiger charge is -2.29. The van der Waals surface area contributed by atoms with Gasteiger partial charge < -0.3 is 8.85 Å². The van der Waals surface area contributed by atoms with Crippen molar-refractivity contribution in [3.05, 3.63) is 24.5 Å². The first kappa shape index (κ1) is 22.1. The maximum atomic E-state index is 6.31. The zero-order valence-corrected chi connectivity index (χ0v) is 19.7. The number of allylic oxidation sites excluding steroid dienone is 2. The highest BCUT2D eigenvalue weighted by Crippen LogP contribution is 2.19. The van der Waals surface area contributed by atoms with Crippen LogP contribution in [0.1, 0.15) is 13.3 Å². The molecular formula is C16H35O2Si4. The molecule has 6 heteroatoms. The van der Waals surface area contributed by atoms with E-state index in [2.05, 4.69) is 45.9 Å². The fraction of sp³-hybridized carbons (Fsp3) is 0.750. The van der Waals surface area contributed by atoms with Gasteiger partial charge in [0.2, 0.25) is 0 Å². The van der Waals surface area contributed by atoms with E-state index in [0.29, 0.717) is 0 Å². The normalized spacial score (nSPS) is 13.1. The Morgan fingerprint density at radius 2 is 1.86 bits per heavy atom. The second-order valence-corrected chi connectivity index (χ2v) is 22.4. The van der Waals surface area contributed by atoms with Crippen LogP contribution < -0.4 is 0 Å². The molecule has 0 atom stereocenters. The third kappa shape index (κ3) is 15.0. The molecular weight excluding hydrogens is 337 g/mol. The summed E-state index contributed by atoms with van der Waals surface area (Å²) in [5, 5.41) is 0. The molecule has 0 N–H and O–H groups in total. The molecule has 0 amide bonds. The lowest BCUT2D eigenvalue weighted by Crippen LogP contribution is -2.40. The van der Waals surface area contributed by atoms with E-state index in [1.165, 1.54) is 23.8 Å². The highest BCUT2D eigenvalue weighted by molar-refractivity contribution is 6.92. The van der Waals surface area contributed by atoms with Gasteiger partial charge in [0.1, 0.15) is 0 Å². The fourth-order valence-electron chi connectivity index (χ4n) is 2.23. The Labute approximate surface area is 145 Å². The average molecular weight is 372 g/mol. The van der Waals surface area contributed by atoms with Crippen molar-refractivity contribution in [3.8, 4) is 0 Å². The summed E-state index contributed by atoms with van der Waals surface area (Å²) in [7, 11) is -1.90. The number of hydrogen-bond acceptors (Lipinski definition) is 2.